The number of halogens is 2. The molecule has 0 bridgehead atoms. The number of aliphatic carboxylic acids is 1. The summed E-state index contributed by atoms with van der Waals surface area (Å²) in [5.74, 6) is -3.59. The van der Waals surface area contributed by atoms with Crippen LogP contribution >= 0.6 is 0 Å². The van der Waals surface area contributed by atoms with E-state index in [2.05, 4.69) is 0 Å². The van der Waals surface area contributed by atoms with Crippen molar-refractivity contribution >= 4 is 5.97 Å². The van der Waals surface area contributed by atoms with Gasteiger partial charge in [0.2, 0.25) is 0 Å². The first-order valence-electron chi connectivity index (χ1n) is 5.45. The van der Waals surface area contributed by atoms with Gasteiger partial charge in [0.15, 0.2) is 0 Å². The lowest BCUT2D eigenvalue weighted by Gasteiger charge is -2.07. The van der Waals surface area contributed by atoms with Crippen LogP contribution < -0.4 is 0 Å². The predicted molar refractivity (Wildman–Crippen MR) is 58.7 cm³/mol. The van der Waals surface area contributed by atoms with Crippen molar-refractivity contribution in [1.82, 2.24) is 0 Å². The molecule has 0 aromatic heterocycles. The number of benzene rings is 1. The summed E-state index contributed by atoms with van der Waals surface area (Å²) >= 11 is 0. The van der Waals surface area contributed by atoms with E-state index in [1.165, 1.54) is 12.1 Å². The Labute approximate surface area is 98.3 Å². The summed E-state index contributed by atoms with van der Waals surface area (Å²) in [6, 6.07) is 2.48. The maximum absolute atomic E-state index is 13.7. The van der Waals surface area contributed by atoms with Gasteiger partial charge in [-0.25, -0.2) is 8.78 Å². The summed E-state index contributed by atoms with van der Waals surface area (Å²) in [7, 11) is 0. The molecule has 1 aromatic rings. The highest BCUT2D eigenvalue weighted by atomic mass is 19.1. The zero-order valence-corrected chi connectivity index (χ0v) is 9.92. The van der Waals surface area contributed by atoms with E-state index in [9.17, 15) is 13.6 Å². The first kappa shape index (κ1) is 12.0. The summed E-state index contributed by atoms with van der Waals surface area (Å²) in [5.41, 5.74) is -0.190. The number of hydrogen-bond acceptors (Lipinski definition) is 1. The normalized spacial score (nSPS) is 25.7. The van der Waals surface area contributed by atoms with Crippen molar-refractivity contribution in [2.45, 2.75) is 26.7 Å². The van der Waals surface area contributed by atoms with Crippen LogP contribution in [0.1, 0.15) is 30.9 Å². The van der Waals surface area contributed by atoms with Crippen LogP contribution in [-0.4, -0.2) is 11.1 Å². The van der Waals surface area contributed by atoms with Gasteiger partial charge in [0.1, 0.15) is 11.6 Å². The Hall–Kier alpha value is -1.45. The molecular formula is C13H14F2O2. The highest BCUT2D eigenvalue weighted by molar-refractivity contribution is 5.77. The molecule has 0 heterocycles. The topological polar surface area (TPSA) is 37.3 Å². The first-order chi connectivity index (χ1) is 7.76. The fourth-order valence-corrected chi connectivity index (χ4v) is 2.65. The highest BCUT2D eigenvalue weighted by Gasteiger charge is 2.64. The van der Waals surface area contributed by atoms with Gasteiger partial charge in [0.25, 0.3) is 0 Å². The van der Waals surface area contributed by atoms with Crippen molar-refractivity contribution in [3.8, 4) is 0 Å². The van der Waals surface area contributed by atoms with Crippen LogP contribution in [0.2, 0.25) is 0 Å². The van der Waals surface area contributed by atoms with E-state index < -0.39 is 34.9 Å². The lowest BCUT2D eigenvalue weighted by atomic mass is 10.0. The van der Waals surface area contributed by atoms with Gasteiger partial charge in [0, 0.05) is 11.5 Å². The van der Waals surface area contributed by atoms with Crippen molar-refractivity contribution in [1.29, 1.82) is 0 Å². The number of hydrogen-bond donors (Lipinski definition) is 1. The molecule has 4 heteroatoms. The van der Waals surface area contributed by atoms with Crippen molar-refractivity contribution in [3.05, 3.63) is 34.9 Å². The van der Waals surface area contributed by atoms with Gasteiger partial charge in [-0.15, -0.1) is 0 Å². The Morgan fingerprint density at radius 3 is 2.12 bits per heavy atom. The molecule has 17 heavy (non-hydrogen) atoms. The third-order valence-corrected chi connectivity index (χ3v) is 3.63. The van der Waals surface area contributed by atoms with Gasteiger partial charge in [-0.2, -0.15) is 0 Å². The van der Waals surface area contributed by atoms with Crippen molar-refractivity contribution in [2.24, 2.45) is 11.3 Å². The predicted octanol–water partition coefficient (Wildman–Crippen LogP) is 3.10. The van der Waals surface area contributed by atoms with E-state index >= 15 is 0 Å². The van der Waals surface area contributed by atoms with Crippen molar-refractivity contribution < 1.29 is 18.7 Å². The molecule has 1 aliphatic rings. The van der Waals surface area contributed by atoms with Gasteiger partial charge in [0.05, 0.1) is 5.92 Å². The minimum absolute atomic E-state index is 0.0898. The number of carboxylic acid groups (broad SMARTS) is 1. The minimum Gasteiger partial charge on any atom is -0.481 e. The van der Waals surface area contributed by atoms with Crippen molar-refractivity contribution in [3.63, 3.8) is 0 Å². The molecule has 1 aromatic carbocycles. The molecule has 1 saturated carbocycles. The Bertz CT molecular complexity index is 471. The maximum atomic E-state index is 13.7. The fourth-order valence-electron chi connectivity index (χ4n) is 2.65. The molecule has 0 spiro atoms. The first-order valence-corrected chi connectivity index (χ1v) is 5.45. The smallest absolute Gasteiger partial charge is 0.307 e. The molecule has 2 rings (SSSR count). The van der Waals surface area contributed by atoms with Crippen LogP contribution in [0.25, 0.3) is 0 Å². The monoisotopic (exact) mass is 240 g/mol. The molecule has 0 radical (unpaired) electrons. The summed E-state index contributed by atoms with van der Waals surface area (Å²) < 4.78 is 27.5. The Balaban J connectivity index is 2.47. The average molecular weight is 240 g/mol. The molecule has 0 saturated heterocycles. The molecule has 92 valence electrons. The number of aryl methyl sites for hydroxylation is 1. The number of carboxylic acids is 1. The van der Waals surface area contributed by atoms with Crippen LogP contribution in [0.5, 0.6) is 0 Å². The average Bonchev–Trinajstić information content (AvgIpc) is 2.67. The van der Waals surface area contributed by atoms with E-state index in [1.807, 2.05) is 0 Å². The van der Waals surface area contributed by atoms with Gasteiger partial charge < -0.3 is 5.11 Å². The van der Waals surface area contributed by atoms with Crippen LogP contribution in [0.15, 0.2) is 12.1 Å². The van der Waals surface area contributed by atoms with Crippen LogP contribution in [0.3, 0.4) is 0 Å². The summed E-state index contributed by atoms with van der Waals surface area (Å²) in [6.45, 7) is 5.03. The molecule has 0 aliphatic heterocycles. The number of rotatable bonds is 2. The van der Waals surface area contributed by atoms with E-state index in [4.69, 9.17) is 5.11 Å². The molecule has 1 aliphatic carbocycles. The molecule has 1 fully saturated rings. The van der Waals surface area contributed by atoms with E-state index in [1.54, 1.807) is 20.8 Å². The standard InChI is InChI=1S/C13H14F2O2/c1-6-4-7(14)9(8(15)5-6)10-11(12(16)17)13(10,2)3/h4-5,10-11H,1-3H3,(H,16,17)/t10-,11+/m1/s1. The third kappa shape index (κ3) is 1.72. The van der Waals surface area contributed by atoms with Crippen LogP contribution in [-0.2, 0) is 4.79 Å². The summed E-state index contributed by atoms with van der Waals surface area (Å²) in [5, 5.41) is 9.01. The second-order valence-corrected chi connectivity index (χ2v) is 5.26. The Kier molecular flexibility index (Phi) is 2.49. The summed E-state index contributed by atoms with van der Waals surface area (Å²) in [4.78, 5) is 11.0. The second-order valence-electron chi connectivity index (χ2n) is 5.26. The highest BCUT2D eigenvalue weighted by Crippen LogP contribution is 2.65. The molecule has 0 unspecified atom stereocenters. The SMILES string of the molecule is Cc1cc(F)c([C@@H]2[C@@H](C(=O)O)C2(C)C)c(F)c1. The van der Waals surface area contributed by atoms with Crippen molar-refractivity contribution in [2.75, 3.05) is 0 Å². The number of carbonyl (C=O) groups is 1. The Morgan fingerprint density at radius 2 is 1.76 bits per heavy atom. The fraction of sp³-hybridized carbons (Fsp3) is 0.462. The molecular weight excluding hydrogens is 226 g/mol. The quantitative estimate of drug-likeness (QED) is 0.862. The zero-order valence-electron chi connectivity index (χ0n) is 9.92. The van der Waals surface area contributed by atoms with Gasteiger partial charge in [-0.1, -0.05) is 13.8 Å². The lowest BCUT2D eigenvalue weighted by molar-refractivity contribution is -0.139. The van der Waals surface area contributed by atoms with E-state index in [0.29, 0.717) is 5.56 Å². The van der Waals surface area contributed by atoms with Gasteiger partial charge in [-0.3, -0.25) is 4.79 Å². The third-order valence-electron chi connectivity index (χ3n) is 3.63. The molecule has 2 nitrogen and oxygen atoms in total. The minimum atomic E-state index is -1.00. The summed E-state index contributed by atoms with van der Waals surface area (Å²) in [6.07, 6.45) is 0. The Morgan fingerprint density at radius 1 is 1.29 bits per heavy atom. The van der Waals surface area contributed by atoms with Gasteiger partial charge >= 0.3 is 5.97 Å². The second kappa shape index (κ2) is 3.52. The van der Waals surface area contributed by atoms with E-state index in [-0.39, 0.29) is 5.56 Å². The lowest BCUT2D eigenvalue weighted by Crippen LogP contribution is -2.03. The maximum Gasteiger partial charge on any atom is 0.307 e. The van der Waals surface area contributed by atoms with Crippen LogP contribution in [0, 0.1) is 29.9 Å². The molecule has 1 N–H and O–H groups in total. The van der Waals surface area contributed by atoms with E-state index in [0.717, 1.165) is 0 Å². The van der Waals surface area contributed by atoms with Gasteiger partial charge in [-0.05, 0) is 30.0 Å². The zero-order chi connectivity index (χ0) is 13.0. The van der Waals surface area contributed by atoms with Crippen LogP contribution in [0.4, 0.5) is 8.78 Å². The largest absolute Gasteiger partial charge is 0.481 e. The molecule has 0 amide bonds. The molecule has 2 atom stereocenters.